The maximum absolute atomic E-state index is 12.4. The normalized spacial score (nSPS) is 11.7. The van der Waals surface area contributed by atoms with E-state index in [9.17, 15) is 17.2 Å². The lowest BCUT2D eigenvalue weighted by atomic mass is 10.2. The highest BCUT2D eigenvalue weighted by molar-refractivity contribution is 7.89. The minimum atomic E-state index is -3.56. The molecule has 0 aliphatic rings. The Morgan fingerprint density at radius 3 is 2.41 bits per heavy atom. The third-order valence-electron chi connectivity index (χ3n) is 3.89. The summed E-state index contributed by atoms with van der Waals surface area (Å²) in [4.78, 5) is 0.218. The van der Waals surface area contributed by atoms with Crippen LogP contribution in [0, 0.1) is 6.92 Å². The van der Waals surface area contributed by atoms with Gasteiger partial charge >= 0.3 is 6.61 Å². The van der Waals surface area contributed by atoms with Gasteiger partial charge in [-0.05, 0) is 42.3 Å². The first-order chi connectivity index (χ1) is 12.6. The number of halogens is 2. The van der Waals surface area contributed by atoms with Gasteiger partial charge in [-0.2, -0.15) is 8.78 Å². The molecule has 2 aromatic rings. The van der Waals surface area contributed by atoms with Gasteiger partial charge in [-0.3, -0.25) is 0 Å². The Hall–Kier alpha value is -2.39. The zero-order valence-corrected chi connectivity index (χ0v) is 16.3. The second kappa shape index (κ2) is 8.53. The summed E-state index contributed by atoms with van der Waals surface area (Å²) in [5.74, 6) is 0.139. The zero-order chi connectivity index (χ0) is 20.2. The monoisotopic (exact) mass is 400 g/mol. The molecule has 0 aliphatic carbocycles. The van der Waals surface area contributed by atoms with Crippen molar-refractivity contribution in [2.24, 2.45) is 0 Å². The van der Waals surface area contributed by atoms with Crippen LogP contribution in [-0.2, 0) is 16.6 Å². The predicted octanol–water partition coefficient (Wildman–Crippen LogP) is 3.47. The third-order valence-corrected chi connectivity index (χ3v) is 5.84. The van der Waals surface area contributed by atoms with Gasteiger partial charge in [-0.1, -0.05) is 12.1 Å². The van der Waals surface area contributed by atoms with Crippen molar-refractivity contribution in [3.05, 3.63) is 47.5 Å². The summed E-state index contributed by atoms with van der Waals surface area (Å²) in [5, 5.41) is 3.12. The van der Waals surface area contributed by atoms with E-state index in [1.54, 1.807) is 37.3 Å². The molecule has 0 bridgehead atoms. The van der Waals surface area contributed by atoms with Crippen molar-refractivity contribution in [1.29, 1.82) is 0 Å². The van der Waals surface area contributed by atoms with Gasteiger partial charge in [0.15, 0.2) is 11.5 Å². The van der Waals surface area contributed by atoms with Gasteiger partial charge in [0, 0.05) is 26.3 Å². The Morgan fingerprint density at radius 1 is 1.11 bits per heavy atom. The lowest BCUT2D eigenvalue weighted by Crippen LogP contribution is -2.23. The summed E-state index contributed by atoms with van der Waals surface area (Å²) in [5.41, 5.74) is 2.02. The number of ether oxygens (including phenoxy) is 2. The maximum Gasteiger partial charge on any atom is 0.387 e. The number of rotatable bonds is 8. The largest absolute Gasteiger partial charge is 0.493 e. The van der Waals surface area contributed by atoms with Gasteiger partial charge in [0.25, 0.3) is 0 Å². The van der Waals surface area contributed by atoms with Crippen molar-refractivity contribution in [1.82, 2.24) is 4.31 Å². The van der Waals surface area contributed by atoms with Crippen LogP contribution in [0.2, 0.25) is 0 Å². The first kappa shape index (κ1) is 20.9. The van der Waals surface area contributed by atoms with Crippen LogP contribution >= 0.6 is 0 Å². The highest BCUT2D eigenvalue weighted by Gasteiger charge is 2.20. The Labute approximate surface area is 157 Å². The summed E-state index contributed by atoms with van der Waals surface area (Å²) in [6, 6.07) is 9.67. The molecule has 0 radical (unpaired) electrons. The van der Waals surface area contributed by atoms with Crippen LogP contribution in [0.4, 0.5) is 14.5 Å². The molecule has 0 amide bonds. The van der Waals surface area contributed by atoms with E-state index in [0.717, 1.165) is 9.87 Å². The molecule has 0 aromatic heterocycles. The number of hydrogen-bond acceptors (Lipinski definition) is 5. The molecule has 27 heavy (non-hydrogen) atoms. The zero-order valence-electron chi connectivity index (χ0n) is 15.5. The molecule has 0 saturated heterocycles. The molecule has 2 aromatic carbocycles. The molecular formula is C18H22F2N2O4S. The average Bonchev–Trinajstić information content (AvgIpc) is 2.61. The van der Waals surface area contributed by atoms with Crippen molar-refractivity contribution >= 4 is 15.7 Å². The van der Waals surface area contributed by atoms with Crippen LogP contribution in [0.25, 0.3) is 0 Å². The topological polar surface area (TPSA) is 67.9 Å². The molecule has 6 nitrogen and oxygen atoms in total. The molecule has 148 valence electrons. The van der Waals surface area contributed by atoms with Crippen LogP contribution in [-0.4, -0.2) is 40.5 Å². The minimum absolute atomic E-state index is 0.0500. The van der Waals surface area contributed by atoms with Crippen LogP contribution in [0.5, 0.6) is 11.5 Å². The fourth-order valence-corrected chi connectivity index (χ4v) is 3.55. The van der Waals surface area contributed by atoms with E-state index in [0.29, 0.717) is 17.8 Å². The Morgan fingerprint density at radius 2 is 1.81 bits per heavy atom. The molecule has 1 N–H and O–H groups in total. The number of nitrogens with zero attached hydrogens (tertiary/aromatic N) is 1. The van der Waals surface area contributed by atoms with Crippen molar-refractivity contribution in [2.45, 2.75) is 25.0 Å². The quantitative estimate of drug-likeness (QED) is 0.735. The fraction of sp³-hybridized carbons (Fsp3) is 0.333. The van der Waals surface area contributed by atoms with Gasteiger partial charge < -0.3 is 14.8 Å². The summed E-state index contributed by atoms with van der Waals surface area (Å²) >= 11 is 0. The fourth-order valence-electron chi connectivity index (χ4n) is 2.40. The molecule has 2 rings (SSSR count). The minimum Gasteiger partial charge on any atom is -0.493 e. The number of sulfonamides is 1. The lowest BCUT2D eigenvalue weighted by molar-refractivity contribution is -0.0512. The summed E-state index contributed by atoms with van der Waals surface area (Å²) in [7, 11) is 0.762. The third kappa shape index (κ3) is 5.08. The highest BCUT2D eigenvalue weighted by atomic mass is 32.2. The van der Waals surface area contributed by atoms with E-state index in [4.69, 9.17) is 4.74 Å². The van der Waals surface area contributed by atoms with Crippen LogP contribution < -0.4 is 14.8 Å². The smallest absolute Gasteiger partial charge is 0.387 e. The van der Waals surface area contributed by atoms with E-state index >= 15 is 0 Å². The Bertz CT molecular complexity index is 902. The van der Waals surface area contributed by atoms with Crippen LogP contribution in [0.3, 0.4) is 0 Å². The first-order valence-corrected chi connectivity index (χ1v) is 9.48. The molecule has 0 aliphatic heterocycles. The van der Waals surface area contributed by atoms with E-state index in [1.807, 2.05) is 0 Å². The van der Waals surface area contributed by atoms with Crippen molar-refractivity contribution in [2.75, 3.05) is 26.5 Å². The number of hydrogen-bond donors (Lipinski definition) is 1. The SMILES string of the molecule is COc1cc(CNc2ccc(C)c(S(=O)(=O)N(C)C)c2)ccc1OC(F)F. The van der Waals surface area contributed by atoms with E-state index in [1.165, 1.54) is 27.3 Å². The Kier molecular flexibility index (Phi) is 6.61. The van der Waals surface area contributed by atoms with Gasteiger partial charge in [0.1, 0.15) is 0 Å². The number of methoxy groups -OCH3 is 1. The number of anilines is 1. The molecule has 9 heteroatoms. The van der Waals surface area contributed by atoms with E-state index < -0.39 is 16.6 Å². The molecule has 0 fully saturated rings. The molecule has 0 saturated carbocycles. The molecule has 0 unspecified atom stereocenters. The molecule has 0 heterocycles. The van der Waals surface area contributed by atoms with Crippen LogP contribution in [0.15, 0.2) is 41.3 Å². The average molecular weight is 400 g/mol. The van der Waals surface area contributed by atoms with Gasteiger partial charge in [0.05, 0.1) is 12.0 Å². The molecule has 0 spiro atoms. The summed E-state index contributed by atoms with van der Waals surface area (Å²) < 4.78 is 60.2. The van der Waals surface area contributed by atoms with Gasteiger partial charge in [0.2, 0.25) is 10.0 Å². The second-order valence-corrected chi connectivity index (χ2v) is 8.11. The van der Waals surface area contributed by atoms with E-state index in [2.05, 4.69) is 10.1 Å². The summed E-state index contributed by atoms with van der Waals surface area (Å²) in [6.07, 6.45) is 0. The maximum atomic E-state index is 12.4. The highest BCUT2D eigenvalue weighted by Crippen LogP contribution is 2.30. The van der Waals surface area contributed by atoms with Crippen LogP contribution in [0.1, 0.15) is 11.1 Å². The first-order valence-electron chi connectivity index (χ1n) is 8.04. The van der Waals surface area contributed by atoms with Gasteiger partial charge in [-0.15, -0.1) is 0 Å². The molecule has 0 atom stereocenters. The van der Waals surface area contributed by atoms with Crippen molar-refractivity contribution < 1.29 is 26.7 Å². The Balaban J connectivity index is 2.20. The van der Waals surface area contributed by atoms with E-state index in [-0.39, 0.29) is 16.4 Å². The number of nitrogens with one attached hydrogen (secondary N) is 1. The number of benzene rings is 2. The number of alkyl halides is 2. The standard InChI is InChI=1S/C18H22F2N2O4S/c1-12-5-7-14(10-17(12)27(23,24)22(2)3)21-11-13-6-8-15(26-18(19)20)16(9-13)25-4/h5-10,18,21H,11H2,1-4H3. The second-order valence-electron chi connectivity index (χ2n) is 5.98. The van der Waals surface area contributed by atoms with Crippen molar-refractivity contribution in [3.63, 3.8) is 0 Å². The van der Waals surface area contributed by atoms with Crippen molar-refractivity contribution in [3.8, 4) is 11.5 Å². The number of aryl methyl sites for hydroxylation is 1. The lowest BCUT2D eigenvalue weighted by Gasteiger charge is -2.16. The predicted molar refractivity (Wildman–Crippen MR) is 99.0 cm³/mol. The van der Waals surface area contributed by atoms with Gasteiger partial charge in [-0.25, -0.2) is 12.7 Å². The molecular weight excluding hydrogens is 378 g/mol. The summed E-state index contributed by atoms with van der Waals surface area (Å²) in [6.45, 7) is -0.865.